The normalized spacial score (nSPS) is 10.3. The Balaban J connectivity index is 3.10. The van der Waals surface area contributed by atoms with E-state index < -0.39 is 0 Å². The summed E-state index contributed by atoms with van der Waals surface area (Å²) in [5.74, 6) is 0.840. The van der Waals surface area contributed by atoms with E-state index in [0.717, 1.165) is 16.9 Å². The zero-order valence-electron chi connectivity index (χ0n) is 7.65. The number of thioether (sulfide) groups is 1. The lowest BCUT2D eigenvalue weighted by atomic mass is 10.0. The predicted octanol–water partition coefficient (Wildman–Crippen LogP) is 3.31. The number of benzene rings is 1. The molecule has 0 saturated carbocycles. The van der Waals surface area contributed by atoms with Gasteiger partial charge in [-0.1, -0.05) is 0 Å². The summed E-state index contributed by atoms with van der Waals surface area (Å²) < 4.78 is 12.8. The maximum atomic E-state index is 12.8. The van der Waals surface area contributed by atoms with E-state index in [-0.39, 0.29) is 5.82 Å². The maximum Gasteiger partial charge on any atom is 0.123 e. The van der Waals surface area contributed by atoms with Gasteiger partial charge in [0.2, 0.25) is 0 Å². The largest absolute Gasteiger partial charge is 0.207 e. The van der Waals surface area contributed by atoms with Crippen LogP contribution >= 0.6 is 11.8 Å². The minimum Gasteiger partial charge on any atom is -0.207 e. The van der Waals surface area contributed by atoms with Crippen LogP contribution in [-0.4, -0.2) is 6.26 Å². The maximum absolute atomic E-state index is 12.8. The first-order chi connectivity index (χ1) is 5.65. The molecule has 0 aliphatic carbocycles. The van der Waals surface area contributed by atoms with Crippen LogP contribution in [0.15, 0.2) is 12.1 Å². The molecular formula is C10H13FS. The summed E-state index contributed by atoms with van der Waals surface area (Å²) in [6.07, 6.45) is 2.06. The van der Waals surface area contributed by atoms with Crippen LogP contribution in [0.3, 0.4) is 0 Å². The van der Waals surface area contributed by atoms with Gasteiger partial charge in [-0.2, -0.15) is 11.8 Å². The summed E-state index contributed by atoms with van der Waals surface area (Å²) in [6, 6.07) is 3.19. The minimum absolute atomic E-state index is 0.130. The monoisotopic (exact) mass is 184 g/mol. The quantitative estimate of drug-likeness (QED) is 0.679. The van der Waals surface area contributed by atoms with Gasteiger partial charge in [0.1, 0.15) is 5.82 Å². The molecule has 0 N–H and O–H groups in total. The first kappa shape index (κ1) is 9.59. The molecule has 0 amide bonds. The van der Waals surface area contributed by atoms with E-state index in [4.69, 9.17) is 0 Å². The van der Waals surface area contributed by atoms with Crippen molar-refractivity contribution in [3.8, 4) is 0 Å². The van der Waals surface area contributed by atoms with E-state index in [2.05, 4.69) is 6.26 Å². The first-order valence-corrected chi connectivity index (χ1v) is 5.29. The highest BCUT2D eigenvalue weighted by atomic mass is 32.2. The van der Waals surface area contributed by atoms with Crippen LogP contribution in [-0.2, 0) is 5.75 Å². The molecule has 0 aliphatic heterocycles. The smallest absolute Gasteiger partial charge is 0.123 e. The molecule has 0 atom stereocenters. The molecule has 0 unspecified atom stereocenters. The van der Waals surface area contributed by atoms with Gasteiger partial charge in [0, 0.05) is 5.75 Å². The van der Waals surface area contributed by atoms with Crippen molar-refractivity contribution in [3.05, 3.63) is 34.6 Å². The van der Waals surface area contributed by atoms with Crippen LogP contribution in [0.25, 0.3) is 0 Å². The van der Waals surface area contributed by atoms with Crippen LogP contribution in [0, 0.1) is 19.7 Å². The van der Waals surface area contributed by atoms with E-state index >= 15 is 0 Å². The number of aryl methyl sites for hydroxylation is 2. The number of hydrogen-bond donors (Lipinski definition) is 0. The summed E-state index contributed by atoms with van der Waals surface area (Å²) >= 11 is 1.77. The third kappa shape index (κ3) is 2.01. The molecule has 0 spiro atoms. The molecule has 1 aromatic carbocycles. The lowest BCUT2D eigenvalue weighted by molar-refractivity contribution is 0.624. The molecule has 0 heterocycles. The highest BCUT2D eigenvalue weighted by Gasteiger charge is 2.03. The molecule has 2 heteroatoms. The van der Waals surface area contributed by atoms with E-state index in [9.17, 15) is 4.39 Å². The summed E-state index contributed by atoms with van der Waals surface area (Å²) in [5.41, 5.74) is 3.38. The predicted molar refractivity (Wildman–Crippen MR) is 53.1 cm³/mol. The summed E-state index contributed by atoms with van der Waals surface area (Å²) in [6.45, 7) is 3.92. The second-order valence-electron chi connectivity index (χ2n) is 2.95. The summed E-state index contributed by atoms with van der Waals surface area (Å²) in [5, 5.41) is 0. The van der Waals surface area contributed by atoms with Crippen molar-refractivity contribution in [1.29, 1.82) is 0 Å². The summed E-state index contributed by atoms with van der Waals surface area (Å²) in [7, 11) is 0. The van der Waals surface area contributed by atoms with Crippen molar-refractivity contribution in [1.82, 2.24) is 0 Å². The first-order valence-electron chi connectivity index (χ1n) is 3.89. The van der Waals surface area contributed by atoms with Gasteiger partial charge in [0.05, 0.1) is 0 Å². The van der Waals surface area contributed by atoms with Crippen LogP contribution < -0.4 is 0 Å². The van der Waals surface area contributed by atoms with Crippen molar-refractivity contribution < 1.29 is 4.39 Å². The van der Waals surface area contributed by atoms with Crippen LogP contribution in [0.1, 0.15) is 16.7 Å². The average molecular weight is 184 g/mol. The molecule has 1 rings (SSSR count). The number of rotatable bonds is 2. The highest BCUT2D eigenvalue weighted by Crippen LogP contribution is 2.19. The Morgan fingerprint density at radius 1 is 1.25 bits per heavy atom. The third-order valence-electron chi connectivity index (χ3n) is 1.95. The molecule has 0 fully saturated rings. The number of halogens is 1. The molecule has 0 radical (unpaired) electrons. The van der Waals surface area contributed by atoms with Crippen molar-refractivity contribution in [3.63, 3.8) is 0 Å². The Labute approximate surface area is 77.2 Å². The van der Waals surface area contributed by atoms with Crippen molar-refractivity contribution >= 4 is 11.8 Å². The summed E-state index contributed by atoms with van der Waals surface area (Å²) in [4.78, 5) is 0. The third-order valence-corrected chi connectivity index (χ3v) is 2.53. The second kappa shape index (κ2) is 3.94. The van der Waals surface area contributed by atoms with Gasteiger partial charge in [-0.15, -0.1) is 0 Å². The van der Waals surface area contributed by atoms with Gasteiger partial charge < -0.3 is 0 Å². The van der Waals surface area contributed by atoms with Gasteiger partial charge in [-0.3, -0.25) is 0 Å². The molecular weight excluding hydrogens is 171 g/mol. The standard InChI is InChI=1S/C10H13FS/c1-7-4-9(11)5-8(2)10(7)6-12-3/h4-5H,6H2,1-3H3. The minimum atomic E-state index is -0.130. The molecule has 1 aromatic rings. The van der Waals surface area contributed by atoms with E-state index in [1.165, 1.54) is 5.56 Å². The lowest BCUT2D eigenvalue weighted by Gasteiger charge is -2.07. The lowest BCUT2D eigenvalue weighted by Crippen LogP contribution is -1.92. The van der Waals surface area contributed by atoms with Crippen LogP contribution in [0.5, 0.6) is 0 Å². The zero-order valence-corrected chi connectivity index (χ0v) is 8.46. The topological polar surface area (TPSA) is 0 Å². The Bertz CT molecular complexity index is 258. The SMILES string of the molecule is CSCc1c(C)cc(F)cc1C. The zero-order chi connectivity index (χ0) is 9.14. The van der Waals surface area contributed by atoms with Crippen LogP contribution in [0.2, 0.25) is 0 Å². The molecule has 12 heavy (non-hydrogen) atoms. The molecule has 0 nitrogen and oxygen atoms in total. The Hall–Kier alpha value is -0.500. The second-order valence-corrected chi connectivity index (χ2v) is 3.82. The fraction of sp³-hybridized carbons (Fsp3) is 0.400. The number of hydrogen-bond acceptors (Lipinski definition) is 1. The fourth-order valence-corrected chi connectivity index (χ4v) is 2.06. The van der Waals surface area contributed by atoms with Crippen molar-refractivity contribution in [2.24, 2.45) is 0 Å². The average Bonchev–Trinajstić information content (AvgIpc) is 1.96. The van der Waals surface area contributed by atoms with Gasteiger partial charge in [-0.25, -0.2) is 4.39 Å². The Morgan fingerprint density at radius 2 is 1.75 bits per heavy atom. The molecule has 0 saturated heterocycles. The molecule has 0 bridgehead atoms. The van der Waals surface area contributed by atoms with E-state index in [0.29, 0.717) is 0 Å². The fourth-order valence-electron chi connectivity index (χ4n) is 1.31. The van der Waals surface area contributed by atoms with Gasteiger partial charge in [-0.05, 0) is 48.9 Å². The highest BCUT2D eigenvalue weighted by molar-refractivity contribution is 7.97. The van der Waals surface area contributed by atoms with Gasteiger partial charge in [0.15, 0.2) is 0 Å². The van der Waals surface area contributed by atoms with Gasteiger partial charge in [0.25, 0.3) is 0 Å². The van der Waals surface area contributed by atoms with E-state index in [1.807, 2.05) is 13.8 Å². The van der Waals surface area contributed by atoms with Crippen molar-refractivity contribution in [2.45, 2.75) is 19.6 Å². The van der Waals surface area contributed by atoms with E-state index in [1.54, 1.807) is 23.9 Å². The van der Waals surface area contributed by atoms with Crippen LogP contribution in [0.4, 0.5) is 4.39 Å². The molecule has 0 aromatic heterocycles. The Kier molecular flexibility index (Phi) is 3.15. The molecule has 0 aliphatic rings. The molecule has 66 valence electrons. The van der Waals surface area contributed by atoms with Gasteiger partial charge >= 0.3 is 0 Å². The van der Waals surface area contributed by atoms with Crippen molar-refractivity contribution in [2.75, 3.05) is 6.26 Å². The Morgan fingerprint density at radius 3 is 2.17 bits per heavy atom.